The number of likely N-dealkylation sites (tertiary alicyclic amines) is 1. The zero-order valence-electron chi connectivity index (χ0n) is 14.7. The van der Waals surface area contributed by atoms with Crippen LogP contribution in [0.15, 0.2) is 4.99 Å². The molecule has 2 fully saturated rings. The van der Waals surface area contributed by atoms with Gasteiger partial charge in [0.05, 0.1) is 6.10 Å². The van der Waals surface area contributed by atoms with E-state index in [-0.39, 0.29) is 29.4 Å². The van der Waals surface area contributed by atoms with Crippen LogP contribution in [0.25, 0.3) is 0 Å². The largest absolute Gasteiger partial charge is 0.377 e. The fraction of sp³-hybridized carbons (Fsp3) is 0.941. The molecule has 2 aliphatic rings. The third kappa shape index (κ3) is 5.55. The topological polar surface area (TPSA) is 36.9 Å². The molecular weight excluding hydrogens is 389 g/mol. The maximum atomic E-state index is 6.07. The summed E-state index contributed by atoms with van der Waals surface area (Å²) >= 11 is 0. The SMILES string of the molecule is CCNC(=NCC1CCCOC1C(C)(C)C)N1CCCC1.I. The van der Waals surface area contributed by atoms with Gasteiger partial charge in [-0.25, -0.2) is 0 Å². The van der Waals surface area contributed by atoms with Crippen LogP contribution < -0.4 is 5.32 Å². The van der Waals surface area contributed by atoms with Crippen molar-refractivity contribution in [2.45, 2.75) is 59.5 Å². The summed E-state index contributed by atoms with van der Waals surface area (Å²) in [4.78, 5) is 7.34. The monoisotopic (exact) mass is 423 g/mol. The van der Waals surface area contributed by atoms with Crippen LogP contribution in [-0.2, 0) is 4.74 Å². The number of nitrogens with zero attached hydrogens (tertiary/aromatic N) is 2. The van der Waals surface area contributed by atoms with Crippen molar-refractivity contribution in [1.82, 2.24) is 10.2 Å². The minimum atomic E-state index is 0. The van der Waals surface area contributed by atoms with Crippen LogP contribution in [0.1, 0.15) is 53.4 Å². The van der Waals surface area contributed by atoms with E-state index in [9.17, 15) is 0 Å². The van der Waals surface area contributed by atoms with E-state index in [2.05, 4.69) is 37.9 Å². The molecule has 0 radical (unpaired) electrons. The fourth-order valence-electron chi connectivity index (χ4n) is 3.55. The molecule has 2 rings (SSSR count). The zero-order chi connectivity index (χ0) is 15.3. The Balaban J connectivity index is 0.00000242. The van der Waals surface area contributed by atoms with Gasteiger partial charge in [-0.05, 0) is 38.0 Å². The highest BCUT2D eigenvalue weighted by Crippen LogP contribution is 2.34. The minimum absolute atomic E-state index is 0. The minimum Gasteiger partial charge on any atom is -0.377 e. The summed E-state index contributed by atoms with van der Waals surface area (Å²) in [6.07, 6.45) is 5.33. The van der Waals surface area contributed by atoms with Crippen LogP contribution in [-0.4, -0.2) is 49.7 Å². The molecule has 2 heterocycles. The van der Waals surface area contributed by atoms with Crippen molar-refractivity contribution < 1.29 is 4.74 Å². The van der Waals surface area contributed by atoms with E-state index in [0.717, 1.165) is 38.7 Å². The fourth-order valence-corrected chi connectivity index (χ4v) is 3.55. The lowest BCUT2D eigenvalue weighted by Crippen LogP contribution is -2.43. The van der Waals surface area contributed by atoms with Gasteiger partial charge in [0.25, 0.3) is 0 Å². The number of hydrogen-bond donors (Lipinski definition) is 1. The Hall–Kier alpha value is -0.0400. The highest BCUT2D eigenvalue weighted by Gasteiger charge is 2.35. The van der Waals surface area contributed by atoms with E-state index in [1.807, 2.05) is 0 Å². The van der Waals surface area contributed by atoms with E-state index in [1.54, 1.807) is 0 Å². The van der Waals surface area contributed by atoms with Gasteiger partial charge in [0.1, 0.15) is 0 Å². The molecule has 0 saturated carbocycles. The van der Waals surface area contributed by atoms with Gasteiger partial charge in [-0.15, -0.1) is 24.0 Å². The van der Waals surface area contributed by atoms with E-state index < -0.39 is 0 Å². The van der Waals surface area contributed by atoms with Gasteiger partial charge in [-0.1, -0.05) is 20.8 Å². The molecule has 2 unspecified atom stereocenters. The second-order valence-corrected chi connectivity index (χ2v) is 7.45. The van der Waals surface area contributed by atoms with E-state index >= 15 is 0 Å². The summed E-state index contributed by atoms with van der Waals surface area (Å²) < 4.78 is 6.07. The molecule has 0 aromatic rings. The van der Waals surface area contributed by atoms with E-state index in [1.165, 1.54) is 25.7 Å². The summed E-state index contributed by atoms with van der Waals surface area (Å²) in [7, 11) is 0. The van der Waals surface area contributed by atoms with Crippen molar-refractivity contribution in [2.75, 3.05) is 32.8 Å². The van der Waals surface area contributed by atoms with Crippen LogP contribution in [0.2, 0.25) is 0 Å². The van der Waals surface area contributed by atoms with Gasteiger partial charge >= 0.3 is 0 Å². The van der Waals surface area contributed by atoms with E-state index in [4.69, 9.17) is 9.73 Å². The summed E-state index contributed by atoms with van der Waals surface area (Å²) in [6.45, 7) is 14.0. The molecule has 2 saturated heterocycles. The summed E-state index contributed by atoms with van der Waals surface area (Å²) in [5.41, 5.74) is 0.201. The van der Waals surface area contributed by atoms with Crippen LogP contribution in [0.3, 0.4) is 0 Å². The molecule has 4 nitrogen and oxygen atoms in total. The quantitative estimate of drug-likeness (QED) is 0.429. The van der Waals surface area contributed by atoms with Gasteiger partial charge in [-0.2, -0.15) is 0 Å². The number of halogens is 1. The molecular formula is C17H34IN3O. The van der Waals surface area contributed by atoms with Crippen molar-refractivity contribution in [3.8, 4) is 0 Å². The van der Waals surface area contributed by atoms with Gasteiger partial charge in [0.2, 0.25) is 0 Å². The predicted octanol–water partition coefficient (Wildman–Crippen LogP) is 3.51. The molecule has 0 aromatic heterocycles. The Morgan fingerprint density at radius 1 is 1.23 bits per heavy atom. The van der Waals surface area contributed by atoms with Gasteiger partial charge < -0.3 is 15.0 Å². The maximum absolute atomic E-state index is 6.07. The van der Waals surface area contributed by atoms with Crippen molar-refractivity contribution in [3.63, 3.8) is 0 Å². The number of rotatable bonds is 3. The van der Waals surface area contributed by atoms with Crippen LogP contribution in [0, 0.1) is 11.3 Å². The predicted molar refractivity (Wildman–Crippen MR) is 104 cm³/mol. The first-order chi connectivity index (χ1) is 10.0. The molecule has 0 amide bonds. The van der Waals surface area contributed by atoms with Crippen molar-refractivity contribution >= 4 is 29.9 Å². The Morgan fingerprint density at radius 2 is 1.91 bits per heavy atom. The highest BCUT2D eigenvalue weighted by molar-refractivity contribution is 14.0. The molecule has 1 N–H and O–H groups in total. The first-order valence-corrected chi connectivity index (χ1v) is 8.67. The number of ether oxygens (including phenoxy) is 1. The molecule has 2 atom stereocenters. The highest BCUT2D eigenvalue weighted by atomic mass is 127. The maximum Gasteiger partial charge on any atom is 0.193 e. The number of guanidine groups is 1. The molecule has 0 aromatic carbocycles. The second kappa shape index (κ2) is 9.30. The van der Waals surface area contributed by atoms with Crippen molar-refractivity contribution in [1.29, 1.82) is 0 Å². The summed E-state index contributed by atoms with van der Waals surface area (Å²) in [6, 6.07) is 0. The lowest BCUT2D eigenvalue weighted by Gasteiger charge is -2.39. The molecule has 0 aliphatic carbocycles. The van der Waals surface area contributed by atoms with E-state index in [0.29, 0.717) is 12.0 Å². The van der Waals surface area contributed by atoms with Crippen molar-refractivity contribution in [2.24, 2.45) is 16.3 Å². The first kappa shape index (κ1) is 20.0. The van der Waals surface area contributed by atoms with Crippen LogP contribution in [0.5, 0.6) is 0 Å². The standard InChI is InChI=1S/C17H33N3O.HI/c1-5-18-16(20-10-6-7-11-20)19-13-14-9-8-12-21-15(14)17(2,3)4;/h14-15H,5-13H2,1-4H3,(H,18,19);1H. The molecule has 5 heteroatoms. The Bertz CT molecular complexity index is 348. The third-order valence-corrected chi connectivity index (χ3v) is 4.51. The van der Waals surface area contributed by atoms with Gasteiger partial charge in [-0.3, -0.25) is 4.99 Å². The Kier molecular flexibility index (Phi) is 8.46. The number of nitrogens with one attached hydrogen (secondary N) is 1. The lowest BCUT2D eigenvalue weighted by molar-refractivity contribution is -0.0824. The Labute approximate surface area is 153 Å². The molecule has 0 spiro atoms. The van der Waals surface area contributed by atoms with Gasteiger partial charge in [0, 0.05) is 38.7 Å². The van der Waals surface area contributed by atoms with Crippen molar-refractivity contribution in [3.05, 3.63) is 0 Å². The van der Waals surface area contributed by atoms with Gasteiger partial charge in [0.15, 0.2) is 5.96 Å². The molecule has 22 heavy (non-hydrogen) atoms. The molecule has 0 bridgehead atoms. The normalized spacial score (nSPS) is 26.7. The Morgan fingerprint density at radius 3 is 2.50 bits per heavy atom. The molecule has 2 aliphatic heterocycles. The second-order valence-electron chi connectivity index (χ2n) is 7.45. The average Bonchev–Trinajstić information content (AvgIpc) is 2.97. The first-order valence-electron chi connectivity index (χ1n) is 8.67. The number of hydrogen-bond acceptors (Lipinski definition) is 2. The zero-order valence-corrected chi connectivity index (χ0v) is 17.1. The summed E-state index contributed by atoms with van der Waals surface area (Å²) in [5, 5.41) is 3.45. The summed E-state index contributed by atoms with van der Waals surface area (Å²) in [5.74, 6) is 1.66. The third-order valence-electron chi connectivity index (χ3n) is 4.51. The van der Waals surface area contributed by atoms with Crippen LogP contribution >= 0.6 is 24.0 Å². The average molecular weight is 423 g/mol. The van der Waals surface area contributed by atoms with Crippen LogP contribution in [0.4, 0.5) is 0 Å². The molecule has 130 valence electrons. The lowest BCUT2D eigenvalue weighted by atomic mass is 9.78. The smallest absolute Gasteiger partial charge is 0.193 e. The number of aliphatic imine (C=N–C) groups is 1.